The second kappa shape index (κ2) is 11.6. The molecule has 0 aromatic heterocycles. The van der Waals surface area contributed by atoms with Gasteiger partial charge in [-0.15, -0.1) is 0 Å². The maximum Gasteiger partial charge on any atom is 0.307 e. The van der Waals surface area contributed by atoms with Crippen molar-refractivity contribution in [1.29, 1.82) is 0 Å². The Bertz CT molecular complexity index is 1160. The average molecular weight is 630 g/mol. The van der Waals surface area contributed by atoms with Gasteiger partial charge in [0.25, 0.3) is 0 Å². The minimum atomic E-state index is -0.598. The quantitative estimate of drug-likeness (QED) is 0.261. The predicted molar refractivity (Wildman–Crippen MR) is 181 cm³/mol. The zero-order valence-corrected chi connectivity index (χ0v) is 31.1. The van der Waals surface area contributed by atoms with Gasteiger partial charge in [-0.2, -0.15) is 0 Å². The molecule has 3 saturated carbocycles. The van der Waals surface area contributed by atoms with E-state index in [4.69, 9.17) is 14.2 Å². The van der Waals surface area contributed by atoms with Crippen molar-refractivity contribution < 1.29 is 24.1 Å². The number of hydrogen-bond donors (Lipinski definition) is 1. The number of allylic oxidation sites excluding steroid dienone is 1. The lowest BCUT2D eigenvalue weighted by molar-refractivity contribution is -0.271. The van der Waals surface area contributed by atoms with E-state index in [0.717, 1.165) is 45.1 Å². The van der Waals surface area contributed by atoms with Gasteiger partial charge < -0.3 is 24.2 Å². The van der Waals surface area contributed by atoms with Gasteiger partial charge in [-0.25, -0.2) is 0 Å². The number of carboxylic acids is 1. The van der Waals surface area contributed by atoms with E-state index in [0.29, 0.717) is 42.8 Å². The summed E-state index contributed by atoms with van der Waals surface area (Å²) in [6.07, 6.45) is 8.53. The molecule has 1 saturated heterocycles. The van der Waals surface area contributed by atoms with Crippen LogP contribution in [0.25, 0.3) is 0 Å². The van der Waals surface area contributed by atoms with E-state index in [1.807, 2.05) is 7.11 Å². The Hall–Kier alpha value is -0.950. The number of hydrogen-bond acceptors (Lipinski definition) is 5. The van der Waals surface area contributed by atoms with Crippen LogP contribution in [-0.4, -0.2) is 74.7 Å². The van der Waals surface area contributed by atoms with Gasteiger partial charge in [0.15, 0.2) is 0 Å². The highest BCUT2D eigenvalue weighted by molar-refractivity contribution is 5.73. The van der Waals surface area contributed by atoms with Crippen molar-refractivity contribution in [2.75, 3.05) is 41.0 Å². The van der Waals surface area contributed by atoms with Gasteiger partial charge in [0.05, 0.1) is 37.9 Å². The molecule has 5 rings (SSSR count). The van der Waals surface area contributed by atoms with Crippen LogP contribution in [0.2, 0.25) is 0 Å². The zero-order valence-electron chi connectivity index (χ0n) is 31.1. The summed E-state index contributed by atoms with van der Waals surface area (Å²) in [6, 6.07) is 0. The summed E-state index contributed by atoms with van der Waals surface area (Å²) in [5.74, 6) is 1.09. The zero-order chi connectivity index (χ0) is 33.5. The molecule has 0 aromatic carbocycles. The van der Waals surface area contributed by atoms with Gasteiger partial charge in [-0.05, 0) is 105 Å². The fourth-order valence-corrected chi connectivity index (χ4v) is 12.2. The van der Waals surface area contributed by atoms with Gasteiger partial charge in [0.2, 0.25) is 0 Å². The predicted octanol–water partition coefficient (Wildman–Crippen LogP) is 7.95. The highest BCUT2D eigenvalue weighted by Crippen LogP contribution is 2.75. The minimum absolute atomic E-state index is 0.0113. The lowest BCUT2D eigenvalue weighted by atomic mass is 9.34. The van der Waals surface area contributed by atoms with Gasteiger partial charge in [0, 0.05) is 23.5 Å². The van der Waals surface area contributed by atoms with Crippen LogP contribution in [0.1, 0.15) is 108 Å². The van der Waals surface area contributed by atoms with Crippen molar-refractivity contribution in [3.63, 3.8) is 0 Å². The highest BCUT2D eigenvalue weighted by atomic mass is 16.5. The maximum atomic E-state index is 13.4. The Morgan fingerprint density at radius 1 is 1.07 bits per heavy atom. The van der Waals surface area contributed by atoms with Gasteiger partial charge in [-0.3, -0.25) is 4.79 Å². The van der Waals surface area contributed by atoms with Crippen molar-refractivity contribution in [3.8, 4) is 0 Å². The van der Waals surface area contributed by atoms with E-state index in [2.05, 4.69) is 94.3 Å². The highest BCUT2D eigenvalue weighted by Gasteiger charge is 2.71. The molecule has 45 heavy (non-hydrogen) atoms. The van der Waals surface area contributed by atoms with Crippen molar-refractivity contribution in [1.82, 2.24) is 4.90 Å². The molecule has 6 heteroatoms. The lowest BCUT2D eigenvalue weighted by Gasteiger charge is -2.71. The summed E-state index contributed by atoms with van der Waals surface area (Å²) in [6.45, 7) is 25.3. The topological polar surface area (TPSA) is 68.2 Å². The second-order valence-electron chi connectivity index (χ2n) is 18.5. The van der Waals surface area contributed by atoms with E-state index in [-0.39, 0.29) is 50.7 Å². The molecule has 1 heterocycles. The Morgan fingerprint density at radius 2 is 1.73 bits per heavy atom. The molecule has 12 atom stereocenters. The molecule has 1 unspecified atom stereocenters. The Labute approximate surface area is 275 Å². The van der Waals surface area contributed by atoms with E-state index < -0.39 is 5.97 Å². The number of carboxylic acid groups (broad SMARTS) is 1. The third-order valence-electron chi connectivity index (χ3n) is 16.2. The molecule has 6 nitrogen and oxygen atoms in total. The number of likely N-dealkylation sites (N-methyl/N-ethyl adjacent to an activating group) is 1. The lowest BCUT2D eigenvalue weighted by Crippen LogP contribution is -2.70. The molecule has 4 fully saturated rings. The molecule has 0 spiro atoms. The molecule has 1 N–H and O–H groups in total. The molecule has 0 amide bonds. The molecule has 4 aliphatic carbocycles. The van der Waals surface area contributed by atoms with E-state index in [1.165, 1.54) is 0 Å². The molecule has 258 valence electrons. The monoisotopic (exact) mass is 630 g/mol. The first kappa shape index (κ1) is 35.4. The minimum Gasteiger partial charge on any atom is -0.481 e. The molecule has 2 bridgehead atoms. The van der Waals surface area contributed by atoms with Crippen LogP contribution in [0.15, 0.2) is 11.6 Å². The molecule has 0 radical (unpaired) electrons. The van der Waals surface area contributed by atoms with Gasteiger partial charge >= 0.3 is 5.97 Å². The molecular formula is C39H67NO5. The summed E-state index contributed by atoms with van der Waals surface area (Å²) < 4.78 is 20.1. The molecule has 0 aromatic rings. The van der Waals surface area contributed by atoms with E-state index >= 15 is 0 Å². The van der Waals surface area contributed by atoms with E-state index in [1.54, 1.807) is 5.57 Å². The largest absolute Gasteiger partial charge is 0.481 e. The van der Waals surface area contributed by atoms with Crippen LogP contribution >= 0.6 is 0 Å². The fourth-order valence-electron chi connectivity index (χ4n) is 12.2. The van der Waals surface area contributed by atoms with Gasteiger partial charge in [0.1, 0.15) is 0 Å². The number of carbonyl (C=O) groups is 1. The van der Waals surface area contributed by atoms with Gasteiger partial charge in [-0.1, -0.05) is 74.0 Å². The number of methoxy groups -OCH3 is 1. The first-order valence-corrected chi connectivity index (χ1v) is 18.1. The number of aliphatic carboxylic acids is 1. The normalized spacial score (nSPS) is 46.6. The van der Waals surface area contributed by atoms with Crippen LogP contribution in [0.4, 0.5) is 0 Å². The Balaban J connectivity index is 1.54. The van der Waals surface area contributed by atoms with Crippen LogP contribution in [0.5, 0.6) is 0 Å². The summed E-state index contributed by atoms with van der Waals surface area (Å²) in [5.41, 5.74) is 0.629. The van der Waals surface area contributed by atoms with Crippen molar-refractivity contribution in [3.05, 3.63) is 11.6 Å². The Kier molecular flexibility index (Phi) is 9.11. The second-order valence-corrected chi connectivity index (χ2v) is 18.5. The van der Waals surface area contributed by atoms with Crippen molar-refractivity contribution >= 4 is 5.97 Å². The van der Waals surface area contributed by atoms with Crippen LogP contribution in [0.3, 0.4) is 0 Å². The van der Waals surface area contributed by atoms with Crippen LogP contribution in [-0.2, 0) is 19.0 Å². The number of fused-ring (bicyclic) bond motifs is 3. The third-order valence-corrected chi connectivity index (χ3v) is 16.2. The summed E-state index contributed by atoms with van der Waals surface area (Å²) in [7, 11) is 6.19. The average Bonchev–Trinajstić information content (AvgIpc) is 2.95. The van der Waals surface area contributed by atoms with E-state index in [9.17, 15) is 9.90 Å². The first-order valence-electron chi connectivity index (χ1n) is 18.1. The van der Waals surface area contributed by atoms with Crippen molar-refractivity contribution in [2.24, 2.45) is 62.6 Å². The molecule has 5 aliphatic rings. The van der Waals surface area contributed by atoms with Crippen molar-refractivity contribution in [2.45, 2.75) is 126 Å². The number of ether oxygens (including phenoxy) is 3. The number of rotatable bonds is 9. The standard InChI is InChI=1S/C39H67NO5/c1-24(2)26(5)34(6)18-19-36(8)27-14-15-30-35(7)21-44-23-39(30,28(27)16-17-37(36,9)31(34)33(41)42)20-29(43-13)32(35)45-22-38(10,25(3)4)40(11)12/h16,24-27,29-32H,14-15,17-23H2,1-13H3,(H,41,42)/t26-,27+,29-,30+,31-,32+,34-,35?,36-,37+,38-,39+/m1/s1. The molecular weight excluding hydrogens is 562 g/mol. The summed E-state index contributed by atoms with van der Waals surface area (Å²) in [4.78, 5) is 15.7. The SMILES string of the molecule is CO[C@@H]1C[C@@]23COCC(C)([C@H]1OC[C@](C)(C(C)C)N(C)C)[C@@H]2CC[C@H]1C3=CC[C@@]2(C)[C@H](C(=O)O)[C@@](C)([C@H](C)C(C)C)CC[C@]12C. The Morgan fingerprint density at radius 3 is 2.29 bits per heavy atom. The fraction of sp³-hybridized carbons (Fsp3) is 0.923. The van der Waals surface area contributed by atoms with Crippen LogP contribution < -0.4 is 0 Å². The number of nitrogens with zero attached hydrogens (tertiary/aromatic N) is 1. The molecule has 1 aliphatic heterocycles. The van der Waals surface area contributed by atoms with Crippen LogP contribution in [0, 0.1) is 62.6 Å². The third kappa shape index (κ3) is 4.79. The maximum absolute atomic E-state index is 13.4. The summed E-state index contributed by atoms with van der Waals surface area (Å²) in [5, 5.41) is 11.0. The smallest absolute Gasteiger partial charge is 0.307 e. The first-order chi connectivity index (χ1) is 20.8. The summed E-state index contributed by atoms with van der Waals surface area (Å²) >= 11 is 0.